The Morgan fingerprint density at radius 1 is 0.460 bits per heavy atom. The van der Waals surface area contributed by atoms with E-state index in [2.05, 4.69) is 62.3 Å². The highest BCUT2D eigenvalue weighted by molar-refractivity contribution is 5.78. The van der Waals surface area contributed by atoms with Gasteiger partial charge in [-0.2, -0.15) is 0 Å². The lowest BCUT2D eigenvalue weighted by atomic mass is 9.50. The highest BCUT2D eigenvalue weighted by atomic mass is 16.6. The maximum atomic E-state index is 12.7. The number of carbonyl (C=O) groups is 5. The Labute approximate surface area is 542 Å². The third-order valence-corrected chi connectivity index (χ3v) is 23.7. The Morgan fingerprint density at radius 3 is 1.34 bits per heavy atom. The summed E-state index contributed by atoms with van der Waals surface area (Å²) < 4.78 is 29.0. The van der Waals surface area contributed by atoms with Gasteiger partial charge in [0.2, 0.25) is 0 Å². The van der Waals surface area contributed by atoms with Crippen LogP contribution < -0.4 is 0 Å². The summed E-state index contributed by atoms with van der Waals surface area (Å²) in [6.07, 6.45) is 28.0. The van der Waals surface area contributed by atoms with Crippen LogP contribution in [0, 0.1) is 79.8 Å². The maximum absolute atomic E-state index is 12.7. The van der Waals surface area contributed by atoms with Crippen LogP contribution in [-0.4, -0.2) is 58.9 Å². The van der Waals surface area contributed by atoms with Crippen LogP contribution >= 0.6 is 0 Å². The molecular weight excluding hydrogens is 1080 g/mol. The lowest BCUT2D eigenvalue weighted by Gasteiger charge is -2.59. The van der Waals surface area contributed by atoms with Crippen LogP contribution in [0.4, 0.5) is 0 Å². The van der Waals surface area contributed by atoms with Gasteiger partial charge in [-0.15, -0.1) is 0 Å². The molecule has 10 nitrogen and oxygen atoms in total. The molecule has 9 aliphatic carbocycles. The standard InChI is InChI=1S/C21H36O2.C20H32O4.C15H28O2.C13H24O2.8CH4/c1-8-18(3,4)17(22)23-20(7)11-12-21-13-16(20)19(5,6)15(21)10-9-14(21)2;1-5-19(2,3)18(22)23-7-6-17(21)24-20(4)15-9-13-8-14(11-15)12-16(20)10-13;1-6-14(2,3)13(16)17-15(4,5)12-10-8-7-9-11-12;1-5-12(2,3)11(14)15-13(4)9-7-6-8-10-13;;;;;;;;/h14-16H,8-13H2,1-7H3;13-16H,5-12H2,1-4H3;12H,6-11H2,1-5H3;5-10H2,1-4H3;8*1H4. The van der Waals surface area contributed by atoms with Gasteiger partial charge in [-0.25, -0.2) is 0 Å². The van der Waals surface area contributed by atoms with Crippen molar-refractivity contribution in [2.24, 2.45) is 79.8 Å². The van der Waals surface area contributed by atoms with E-state index in [-0.39, 0.29) is 146 Å². The largest absolute Gasteiger partial charge is 0.465 e. The first-order valence-electron chi connectivity index (χ1n) is 32.5. The van der Waals surface area contributed by atoms with E-state index in [1.54, 1.807) is 0 Å². The normalized spacial score (nSPS) is 29.5. The van der Waals surface area contributed by atoms with E-state index in [0.29, 0.717) is 29.1 Å². The molecule has 10 heteroatoms. The summed E-state index contributed by atoms with van der Waals surface area (Å²) in [5.74, 6) is 4.93. The Kier molecular flexibility index (Phi) is 36.4. The molecular formula is C77H152O10. The highest BCUT2D eigenvalue weighted by Gasteiger charge is 2.69. The predicted octanol–water partition coefficient (Wildman–Crippen LogP) is 22.8. The van der Waals surface area contributed by atoms with Crippen molar-refractivity contribution in [3.8, 4) is 0 Å². The van der Waals surface area contributed by atoms with Crippen LogP contribution in [0.2, 0.25) is 0 Å². The fraction of sp³-hybridized carbons (Fsp3) is 0.935. The van der Waals surface area contributed by atoms with Crippen LogP contribution in [0.1, 0.15) is 358 Å². The average Bonchev–Trinajstić information content (AvgIpc) is 1.57. The monoisotopic (exact) mass is 1240 g/mol. The van der Waals surface area contributed by atoms with Crippen LogP contribution in [0.25, 0.3) is 0 Å². The number of hydrogen-bond donors (Lipinski definition) is 0. The Balaban J connectivity index is -0.000000521. The zero-order chi connectivity index (χ0) is 59.4. The first kappa shape index (κ1) is 90.8. The van der Waals surface area contributed by atoms with Crippen molar-refractivity contribution in [1.29, 1.82) is 0 Å². The fourth-order valence-electron chi connectivity index (χ4n) is 15.9. The Bertz CT molecular complexity index is 2040. The number of esters is 5. The van der Waals surface area contributed by atoms with Gasteiger partial charge in [-0.1, -0.05) is 134 Å². The topological polar surface area (TPSA) is 132 Å². The molecule has 9 aliphatic rings. The molecule has 520 valence electrons. The van der Waals surface area contributed by atoms with Gasteiger partial charge in [0.1, 0.15) is 29.0 Å². The molecule has 6 bridgehead atoms. The molecule has 9 saturated carbocycles. The Morgan fingerprint density at radius 2 is 0.885 bits per heavy atom. The smallest absolute Gasteiger partial charge is 0.312 e. The molecule has 5 atom stereocenters. The molecule has 9 fully saturated rings. The van der Waals surface area contributed by atoms with Crippen molar-refractivity contribution in [2.45, 2.75) is 381 Å². The van der Waals surface area contributed by atoms with Crippen LogP contribution in [0.15, 0.2) is 0 Å². The summed E-state index contributed by atoms with van der Waals surface area (Å²) in [6, 6.07) is 0. The van der Waals surface area contributed by atoms with E-state index >= 15 is 0 Å². The molecule has 1 spiro atoms. The number of hydrogen-bond acceptors (Lipinski definition) is 10. The summed E-state index contributed by atoms with van der Waals surface area (Å²) in [7, 11) is 0. The molecule has 0 radical (unpaired) electrons. The molecule has 0 aromatic carbocycles. The van der Waals surface area contributed by atoms with Gasteiger partial charge in [0.25, 0.3) is 0 Å². The van der Waals surface area contributed by atoms with E-state index in [0.717, 1.165) is 68.6 Å². The van der Waals surface area contributed by atoms with E-state index in [1.165, 1.54) is 109 Å². The molecule has 0 saturated heterocycles. The number of ether oxygens (including phenoxy) is 5. The van der Waals surface area contributed by atoms with Gasteiger partial charge in [0.05, 0.1) is 28.1 Å². The molecule has 0 aliphatic heterocycles. The highest BCUT2D eigenvalue weighted by Crippen LogP contribution is 2.74. The maximum Gasteiger partial charge on any atom is 0.312 e. The molecule has 0 heterocycles. The first-order chi connectivity index (χ1) is 36.4. The zero-order valence-corrected chi connectivity index (χ0v) is 54.6. The molecule has 0 N–H and O–H groups in total. The molecule has 0 aromatic rings. The summed E-state index contributed by atoms with van der Waals surface area (Å²) in [5.41, 5.74) is -1.80. The minimum Gasteiger partial charge on any atom is -0.465 e. The van der Waals surface area contributed by atoms with Crippen molar-refractivity contribution < 1.29 is 47.7 Å². The second-order valence-electron chi connectivity index (χ2n) is 31.6. The van der Waals surface area contributed by atoms with Gasteiger partial charge in [-0.3, -0.25) is 24.0 Å². The molecule has 0 amide bonds. The molecule has 0 aromatic heterocycles. The van der Waals surface area contributed by atoms with E-state index in [1.807, 2.05) is 76.2 Å². The van der Waals surface area contributed by atoms with Crippen molar-refractivity contribution in [3.63, 3.8) is 0 Å². The number of carbonyl (C=O) groups excluding carboxylic acids is 5. The SMILES string of the molecule is C.C.C.C.C.C.C.C.CCC(C)(C)C(=O)OC(C)(C)C1CCCCC1.CCC(C)(C)C(=O)OC1(C)CCC23CC1C(C)(C)C2CCC3C.CCC(C)(C)C(=O)OC1(C)CCCCC1.CCC(C)(C)C(=O)OCCC(=O)OC1(C)C2CC3CC(C2)CC1C3. The van der Waals surface area contributed by atoms with Crippen molar-refractivity contribution >= 4 is 29.8 Å². The van der Waals surface area contributed by atoms with Crippen LogP contribution in [0.3, 0.4) is 0 Å². The quantitative estimate of drug-likeness (QED) is 0.109. The zero-order valence-electron chi connectivity index (χ0n) is 54.6. The van der Waals surface area contributed by atoms with E-state index < -0.39 is 5.41 Å². The van der Waals surface area contributed by atoms with Gasteiger partial charge in [-0.05, 0) is 271 Å². The van der Waals surface area contributed by atoms with Gasteiger partial charge < -0.3 is 23.7 Å². The summed E-state index contributed by atoms with van der Waals surface area (Å²) in [5, 5.41) is 0. The minimum atomic E-state index is -0.489. The molecule has 87 heavy (non-hydrogen) atoms. The third kappa shape index (κ3) is 20.9. The van der Waals surface area contributed by atoms with Crippen LogP contribution in [0.5, 0.6) is 0 Å². The second-order valence-corrected chi connectivity index (χ2v) is 31.6. The average molecular weight is 1240 g/mol. The predicted molar refractivity (Wildman–Crippen MR) is 372 cm³/mol. The summed E-state index contributed by atoms with van der Waals surface area (Å²) in [4.78, 5) is 61.1. The van der Waals surface area contributed by atoms with Gasteiger partial charge in [0, 0.05) is 5.92 Å². The Hall–Kier alpha value is -2.65. The van der Waals surface area contributed by atoms with Gasteiger partial charge in [0.15, 0.2) is 0 Å². The summed E-state index contributed by atoms with van der Waals surface area (Å²) >= 11 is 0. The number of fused-ring (bicyclic) bond motifs is 1. The van der Waals surface area contributed by atoms with E-state index in [9.17, 15) is 24.0 Å². The number of rotatable bonds is 16. The molecule has 9 rings (SSSR count). The van der Waals surface area contributed by atoms with Gasteiger partial charge >= 0.3 is 29.8 Å². The minimum absolute atomic E-state index is 0. The lowest BCUT2D eigenvalue weighted by Crippen LogP contribution is -2.58. The summed E-state index contributed by atoms with van der Waals surface area (Å²) in [6.45, 7) is 41.8. The van der Waals surface area contributed by atoms with Crippen LogP contribution in [-0.2, 0) is 47.7 Å². The van der Waals surface area contributed by atoms with Crippen molar-refractivity contribution in [3.05, 3.63) is 0 Å². The molecule has 5 unspecified atom stereocenters. The lowest BCUT2D eigenvalue weighted by molar-refractivity contribution is -0.204. The first-order valence-corrected chi connectivity index (χ1v) is 32.5. The van der Waals surface area contributed by atoms with Crippen molar-refractivity contribution in [2.75, 3.05) is 6.61 Å². The second kappa shape index (κ2) is 34.9. The van der Waals surface area contributed by atoms with E-state index in [4.69, 9.17) is 23.7 Å². The third-order valence-electron chi connectivity index (χ3n) is 23.7. The fourth-order valence-corrected chi connectivity index (χ4v) is 15.9. The van der Waals surface area contributed by atoms with Crippen molar-refractivity contribution in [1.82, 2.24) is 0 Å².